The summed E-state index contributed by atoms with van der Waals surface area (Å²) in [6, 6.07) is 6.08. The van der Waals surface area contributed by atoms with E-state index in [-0.39, 0.29) is 6.04 Å². The van der Waals surface area contributed by atoms with Gasteiger partial charge >= 0.3 is 0 Å². The molecule has 5 nitrogen and oxygen atoms in total. The molecule has 0 aliphatic carbocycles. The fourth-order valence-electron chi connectivity index (χ4n) is 2.04. The number of nitrogens with one attached hydrogen (secondary N) is 1. The number of rotatable bonds is 6. The van der Waals surface area contributed by atoms with Crippen molar-refractivity contribution in [2.75, 3.05) is 14.2 Å². The molecule has 108 valence electrons. The van der Waals surface area contributed by atoms with E-state index in [4.69, 9.17) is 9.47 Å². The minimum atomic E-state index is 0.232. The Hall–Kier alpha value is -2.01. The highest BCUT2D eigenvalue weighted by atomic mass is 16.5. The molecule has 0 aliphatic rings. The number of methoxy groups -OCH3 is 2. The Morgan fingerprint density at radius 3 is 2.70 bits per heavy atom. The highest BCUT2D eigenvalue weighted by Gasteiger charge is 2.09. The van der Waals surface area contributed by atoms with E-state index in [0.717, 1.165) is 23.6 Å². The first-order valence-electron chi connectivity index (χ1n) is 6.57. The van der Waals surface area contributed by atoms with E-state index in [2.05, 4.69) is 17.3 Å². The molecule has 0 aliphatic heterocycles. The van der Waals surface area contributed by atoms with Crippen LogP contribution in [0, 0.1) is 0 Å². The second-order valence-electron chi connectivity index (χ2n) is 4.73. The zero-order chi connectivity index (χ0) is 14.5. The third-order valence-electron chi connectivity index (χ3n) is 3.32. The van der Waals surface area contributed by atoms with Crippen LogP contribution >= 0.6 is 0 Å². The van der Waals surface area contributed by atoms with Gasteiger partial charge in [-0.05, 0) is 13.0 Å². The SMILES string of the molecule is COc1ccc(CNC(C)c2cnn(C)c2)c(OC)c1. The van der Waals surface area contributed by atoms with Crippen molar-refractivity contribution in [2.45, 2.75) is 19.5 Å². The van der Waals surface area contributed by atoms with Gasteiger partial charge in [0, 0.05) is 43.0 Å². The third kappa shape index (κ3) is 3.30. The van der Waals surface area contributed by atoms with Gasteiger partial charge in [-0.2, -0.15) is 5.10 Å². The van der Waals surface area contributed by atoms with Gasteiger partial charge in [0.05, 0.1) is 20.4 Å². The topological polar surface area (TPSA) is 48.3 Å². The Bertz CT molecular complexity index is 566. The summed E-state index contributed by atoms with van der Waals surface area (Å²) in [6.45, 7) is 2.84. The number of ether oxygens (including phenoxy) is 2. The van der Waals surface area contributed by atoms with E-state index in [1.54, 1.807) is 14.2 Å². The lowest BCUT2D eigenvalue weighted by Gasteiger charge is -2.15. The van der Waals surface area contributed by atoms with Crippen LogP contribution in [0.2, 0.25) is 0 Å². The molecule has 2 rings (SSSR count). The van der Waals surface area contributed by atoms with E-state index in [1.165, 1.54) is 5.56 Å². The molecule has 0 fully saturated rings. The summed E-state index contributed by atoms with van der Waals surface area (Å²) in [4.78, 5) is 0. The van der Waals surface area contributed by atoms with Gasteiger partial charge in [0.25, 0.3) is 0 Å². The minimum absolute atomic E-state index is 0.232. The van der Waals surface area contributed by atoms with Crippen molar-refractivity contribution in [1.29, 1.82) is 0 Å². The summed E-state index contributed by atoms with van der Waals surface area (Å²) in [6.07, 6.45) is 3.89. The lowest BCUT2D eigenvalue weighted by atomic mass is 10.1. The lowest BCUT2D eigenvalue weighted by molar-refractivity contribution is 0.389. The summed E-state index contributed by atoms with van der Waals surface area (Å²) < 4.78 is 12.4. The number of aromatic nitrogens is 2. The summed E-state index contributed by atoms with van der Waals surface area (Å²) >= 11 is 0. The Labute approximate surface area is 119 Å². The average molecular weight is 275 g/mol. The number of hydrogen-bond acceptors (Lipinski definition) is 4. The van der Waals surface area contributed by atoms with Crippen LogP contribution in [0.1, 0.15) is 24.1 Å². The zero-order valence-corrected chi connectivity index (χ0v) is 12.4. The maximum atomic E-state index is 5.39. The van der Waals surface area contributed by atoms with E-state index >= 15 is 0 Å². The normalized spacial score (nSPS) is 12.2. The Morgan fingerprint density at radius 2 is 2.10 bits per heavy atom. The first-order chi connectivity index (χ1) is 9.63. The zero-order valence-electron chi connectivity index (χ0n) is 12.4. The van der Waals surface area contributed by atoms with E-state index in [0.29, 0.717) is 0 Å². The van der Waals surface area contributed by atoms with Crippen LogP contribution in [0.5, 0.6) is 11.5 Å². The summed E-state index contributed by atoms with van der Waals surface area (Å²) in [5, 5.41) is 7.65. The molecule has 1 aromatic heterocycles. The van der Waals surface area contributed by atoms with Crippen molar-refractivity contribution >= 4 is 0 Å². The molecule has 20 heavy (non-hydrogen) atoms. The van der Waals surface area contributed by atoms with Gasteiger partial charge in [0.1, 0.15) is 11.5 Å². The lowest BCUT2D eigenvalue weighted by Crippen LogP contribution is -2.18. The van der Waals surface area contributed by atoms with Gasteiger partial charge < -0.3 is 14.8 Å². The molecule has 0 bridgehead atoms. The van der Waals surface area contributed by atoms with E-state index < -0.39 is 0 Å². The van der Waals surface area contributed by atoms with Crippen molar-refractivity contribution in [3.8, 4) is 11.5 Å². The molecule has 1 aromatic carbocycles. The van der Waals surface area contributed by atoms with E-state index in [9.17, 15) is 0 Å². The highest BCUT2D eigenvalue weighted by Crippen LogP contribution is 2.25. The first kappa shape index (κ1) is 14.4. The molecule has 1 heterocycles. The first-order valence-corrected chi connectivity index (χ1v) is 6.57. The molecular weight excluding hydrogens is 254 g/mol. The fraction of sp³-hybridized carbons (Fsp3) is 0.400. The van der Waals surface area contributed by atoms with Crippen LogP contribution in [0.3, 0.4) is 0 Å². The molecule has 0 spiro atoms. The number of benzene rings is 1. The van der Waals surface area contributed by atoms with Crippen molar-refractivity contribution in [3.05, 3.63) is 41.7 Å². The molecule has 5 heteroatoms. The summed E-state index contributed by atoms with van der Waals surface area (Å²) in [5.74, 6) is 1.63. The Kier molecular flexibility index (Phi) is 4.63. The molecule has 1 N–H and O–H groups in total. The second-order valence-corrected chi connectivity index (χ2v) is 4.73. The minimum Gasteiger partial charge on any atom is -0.497 e. The number of aryl methyl sites for hydroxylation is 1. The predicted octanol–water partition coefficient (Wildman–Crippen LogP) is 2.29. The van der Waals surface area contributed by atoms with Crippen LogP contribution in [-0.4, -0.2) is 24.0 Å². The van der Waals surface area contributed by atoms with Gasteiger partial charge in [-0.25, -0.2) is 0 Å². The summed E-state index contributed by atoms with van der Waals surface area (Å²) in [7, 11) is 5.24. The monoisotopic (exact) mass is 275 g/mol. The van der Waals surface area contributed by atoms with Crippen molar-refractivity contribution in [2.24, 2.45) is 7.05 Å². The predicted molar refractivity (Wildman–Crippen MR) is 78.0 cm³/mol. The maximum Gasteiger partial charge on any atom is 0.127 e. The molecule has 0 saturated carbocycles. The number of nitrogens with zero attached hydrogens (tertiary/aromatic N) is 2. The fourth-order valence-corrected chi connectivity index (χ4v) is 2.04. The van der Waals surface area contributed by atoms with Crippen LogP contribution in [0.4, 0.5) is 0 Å². The van der Waals surface area contributed by atoms with Gasteiger partial charge in [-0.3, -0.25) is 4.68 Å². The van der Waals surface area contributed by atoms with Crippen LogP contribution in [0.25, 0.3) is 0 Å². The molecule has 0 radical (unpaired) electrons. The highest BCUT2D eigenvalue weighted by molar-refractivity contribution is 5.40. The van der Waals surface area contributed by atoms with Crippen LogP contribution in [0.15, 0.2) is 30.6 Å². The van der Waals surface area contributed by atoms with Gasteiger partial charge in [-0.15, -0.1) is 0 Å². The standard InChI is InChI=1S/C15H21N3O2/c1-11(13-9-17-18(2)10-13)16-8-12-5-6-14(19-3)7-15(12)20-4/h5-7,9-11,16H,8H2,1-4H3. The second kappa shape index (κ2) is 6.43. The van der Waals surface area contributed by atoms with E-state index in [1.807, 2.05) is 42.3 Å². The molecule has 2 aromatic rings. The number of hydrogen-bond donors (Lipinski definition) is 1. The van der Waals surface area contributed by atoms with Crippen molar-refractivity contribution < 1.29 is 9.47 Å². The smallest absolute Gasteiger partial charge is 0.127 e. The van der Waals surface area contributed by atoms with Crippen molar-refractivity contribution in [1.82, 2.24) is 15.1 Å². The quantitative estimate of drug-likeness (QED) is 0.878. The maximum absolute atomic E-state index is 5.39. The van der Waals surface area contributed by atoms with Crippen molar-refractivity contribution in [3.63, 3.8) is 0 Å². The van der Waals surface area contributed by atoms with Gasteiger partial charge in [0.2, 0.25) is 0 Å². The molecule has 0 saturated heterocycles. The molecular formula is C15H21N3O2. The van der Waals surface area contributed by atoms with Crippen LogP contribution in [-0.2, 0) is 13.6 Å². The molecule has 1 unspecified atom stereocenters. The van der Waals surface area contributed by atoms with Crippen LogP contribution < -0.4 is 14.8 Å². The Balaban J connectivity index is 2.03. The summed E-state index contributed by atoms with van der Waals surface area (Å²) in [5.41, 5.74) is 2.27. The Morgan fingerprint density at radius 1 is 1.30 bits per heavy atom. The molecule has 0 amide bonds. The van der Waals surface area contributed by atoms with Gasteiger partial charge in [0.15, 0.2) is 0 Å². The largest absolute Gasteiger partial charge is 0.497 e. The third-order valence-corrected chi connectivity index (χ3v) is 3.32. The average Bonchev–Trinajstić information content (AvgIpc) is 2.91. The van der Waals surface area contributed by atoms with Gasteiger partial charge in [-0.1, -0.05) is 6.07 Å². The molecule has 1 atom stereocenters.